The van der Waals surface area contributed by atoms with Crippen LogP contribution in [-0.2, 0) is 16.0 Å². The van der Waals surface area contributed by atoms with Gasteiger partial charge in [-0.2, -0.15) is 0 Å². The van der Waals surface area contributed by atoms with Crippen LogP contribution in [0.3, 0.4) is 0 Å². The van der Waals surface area contributed by atoms with E-state index in [1.165, 1.54) is 19.3 Å². The third-order valence-electron chi connectivity index (χ3n) is 5.51. The van der Waals surface area contributed by atoms with Gasteiger partial charge < -0.3 is 25.3 Å². The maximum Gasteiger partial charge on any atom is 0.408 e. The predicted octanol–water partition coefficient (Wildman–Crippen LogP) is 3.60. The topological polar surface area (TPSA) is 86.5 Å². The first kappa shape index (κ1) is 23.1. The number of aromatic nitrogens is 1. The smallest absolute Gasteiger partial charge is 0.408 e. The number of para-hydroxylation sites is 1. The number of nitrogens with one attached hydrogen (secondary N) is 3. The van der Waals surface area contributed by atoms with E-state index >= 15 is 0 Å². The SMILES string of the molecule is CC(C)(C)OC(=O)NC(Cc1c[nH]c2ccccc12)C(=O)NCCCN1CCCCC1. The van der Waals surface area contributed by atoms with Gasteiger partial charge in [0, 0.05) is 30.1 Å². The molecule has 2 aromatic rings. The monoisotopic (exact) mass is 428 g/mol. The van der Waals surface area contributed by atoms with Crippen molar-refractivity contribution in [3.05, 3.63) is 36.0 Å². The lowest BCUT2D eigenvalue weighted by Crippen LogP contribution is -2.49. The molecule has 2 amide bonds. The summed E-state index contributed by atoms with van der Waals surface area (Å²) in [4.78, 5) is 31.0. The summed E-state index contributed by atoms with van der Waals surface area (Å²) in [5, 5.41) is 6.83. The molecule has 3 rings (SSSR count). The van der Waals surface area contributed by atoms with Crippen molar-refractivity contribution in [2.45, 2.75) is 64.5 Å². The number of aromatic amines is 1. The molecule has 0 aliphatic carbocycles. The Kier molecular flexibility index (Phi) is 7.96. The minimum atomic E-state index is -0.705. The quantitative estimate of drug-likeness (QED) is 0.561. The Bertz CT molecular complexity index is 865. The number of hydrogen-bond donors (Lipinski definition) is 3. The van der Waals surface area contributed by atoms with Gasteiger partial charge in [0.15, 0.2) is 0 Å². The maximum atomic E-state index is 13.0. The lowest BCUT2D eigenvalue weighted by atomic mass is 10.0. The number of benzene rings is 1. The van der Waals surface area contributed by atoms with Crippen LogP contribution in [-0.4, -0.2) is 59.7 Å². The number of rotatable bonds is 8. The predicted molar refractivity (Wildman–Crippen MR) is 123 cm³/mol. The first-order valence-corrected chi connectivity index (χ1v) is 11.4. The highest BCUT2D eigenvalue weighted by Crippen LogP contribution is 2.19. The Hall–Kier alpha value is -2.54. The molecule has 1 saturated heterocycles. The second-order valence-corrected chi connectivity index (χ2v) is 9.31. The molecule has 1 unspecified atom stereocenters. The molecule has 2 heterocycles. The zero-order chi connectivity index (χ0) is 22.3. The molecule has 1 aromatic heterocycles. The van der Waals surface area contributed by atoms with Gasteiger partial charge >= 0.3 is 6.09 Å². The third kappa shape index (κ3) is 7.28. The molecule has 1 aromatic carbocycles. The summed E-state index contributed by atoms with van der Waals surface area (Å²) in [6, 6.07) is 7.24. The summed E-state index contributed by atoms with van der Waals surface area (Å²) in [5.74, 6) is -0.185. The maximum absolute atomic E-state index is 13.0. The van der Waals surface area contributed by atoms with Crippen LogP contribution in [0, 0.1) is 0 Å². The Labute approximate surface area is 184 Å². The molecule has 170 valence electrons. The number of amides is 2. The summed E-state index contributed by atoms with van der Waals surface area (Å²) in [7, 11) is 0. The highest BCUT2D eigenvalue weighted by atomic mass is 16.6. The zero-order valence-corrected chi connectivity index (χ0v) is 19.0. The fourth-order valence-electron chi connectivity index (χ4n) is 4.00. The van der Waals surface area contributed by atoms with E-state index in [0.29, 0.717) is 13.0 Å². The van der Waals surface area contributed by atoms with Crippen LogP contribution in [0.15, 0.2) is 30.5 Å². The molecule has 3 N–H and O–H groups in total. The summed E-state index contributed by atoms with van der Waals surface area (Å²) in [5.41, 5.74) is 1.37. The van der Waals surface area contributed by atoms with Crippen molar-refractivity contribution in [3.8, 4) is 0 Å². The van der Waals surface area contributed by atoms with Crippen LogP contribution in [0.25, 0.3) is 10.9 Å². The summed E-state index contributed by atoms with van der Waals surface area (Å²) in [6.45, 7) is 9.31. The van der Waals surface area contributed by atoms with Crippen molar-refractivity contribution in [2.75, 3.05) is 26.2 Å². The standard InChI is InChI=1S/C24H36N4O3/c1-24(2,3)31-23(30)27-21(16-18-17-26-20-11-6-5-10-19(18)20)22(29)25-12-9-15-28-13-7-4-8-14-28/h5-6,10-11,17,21,26H,4,7-9,12-16H2,1-3H3,(H,25,29)(H,27,30). The van der Waals surface area contributed by atoms with Crippen molar-refractivity contribution in [3.63, 3.8) is 0 Å². The lowest BCUT2D eigenvalue weighted by molar-refractivity contribution is -0.123. The number of carbonyl (C=O) groups is 2. The number of H-pyrrole nitrogens is 1. The zero-order valence-electron chi connectivity index (χ0n) is 19.0. The van der Waals surface area contributed by atoms with Gasteiger partial charge in [0.2, 0.25) is 5.91 Å². The van der Waals surface area contributed by atoms with Gasteiger partial charge in [-0.3, -0.25) is 4.79 Å². The van der Waals surface area contributed by atoms with E-state index in [9.17, 15) is 9.59 Å². The minimum absolute atomic E-state index is 0.185. The summed E-state index contributed by atoms with van der Waals surface area (Å²) in [6.07, 6.45) is 6.45. The number of nitrogens with zero attached hydrogens (tertiary/aromatic N) is 1. The van der Waals surface area contributed by atoms with Crippen molar-refractivity contribution < 1.29 is 14.3 Å². The average molecular weight is 429 g/mol. The fraction of sp³-hybridized carbons (Fsp3) is 0.583. The van der Waals surface area contributed by atoms with Crippen LogP contribution in [0.1, 0.15) is 52.0 Å². The first-order valence-electron chi connectivity index (χ1n) is 11.4. The van der Waals surface area contributed by atoms with Crippen LogP contribution in [0.4, 0.5) is 4.79 Å². The van der Waals surface area contributed by atoms with Gasteiger partial charge in [0.05, 0.1) is 0 Å². The van der Waals surface area contributed by atoms with Gasteiger partial charge in [-0.25, -0.2) is 4.79 Å². The Balaban J connectivity index is 1.60. The average Bonchev–Trinajstić information content (AvgIpc) is 3.13. The number of fused-ring (bicyclic) bond motifs is 1. The van der Waals surface area contributed by atoms with Crippen molar-refractivity contribution in [1.29, 1.82) is 0 Å². The minimum Gasteiger partial charge on any atom is -0.444 e. The fourth-order valence-corrected chi connectivity index (χ4v) is 4.00. The van der Waals surface area contributed by atoms with E-state index in [0.717, 1.165) is 42.5 Å². The van der Waals surface area contributed by atoms with Crippen LogP contribution < -0.4 is 10.6 Å². The number of ether oxygens (including phenoxy) is 1. The highest BCUT2D eigenvalue weighted by Gasteiger charge is 2.25. The van der Waals surface area contributed by atoms with Gasteiger partial charge in [0.1, 0.15) is 11.6 Å². The lowest BCUT2D eigenvalue weighted by Gasteiger charge is -2.26. The van der Waals surface area contributed by atoms with Gasteiger partial charge in [-0.05, 0) is 71.3 Å². The molecule has 1 aliphatic heterocycles. The molecule has 0 bridgehead atoms. The second-order valence-electron chi connectivity index (χ2n) is 9.31. The number of hydrogen-bond acceptors (Lipinski definition) is 4. The highest BCUT2D eigenvalue weighted by molar-refractivity contribution is 5.88. The summed E-state index contributed by atoms with van der Waals surface area (Å²) < 4.78 is 5.39. The van der Waals surface area contributed by atoms with E-state index in [-0.39, 0.29) is 5.91 Å². The number of carbonyl (C=O) groups excluding carboxylic acids is 2. The van der Waals surface area contributed by atoms with Crippen LogP contribution in [0.5, 0.6) is 0 Å². The molecular formula is C24H36N4O3. The molecular weight excluding hydrogens is 392 g/mol. The molecule has 1 aliphatic rings. The number of piperidine rings is 1. The molecule has 31 heavy (non-hydrogen) atoms. The van der Waals surface area contributed by atoms with Gasteiger partial charge in [0.25, 0.3) is 0 Å². The molecule has 1 atom stereocenters. The van der Waals surface area contributed by atoms with Crippen molar-refractivity contribution in [1.82, 2.24) is 20.5 Å². The summed E-state index contributed by atoms with van der Waals surface area (Å²) >= 11 is 0. The molecule has 0 saturated carbocycles. The van der Waals surface area contributed by atoms with Crippen molar-refractivity contribution in [2.24, 2.45) is 0 Å². The molecule has 1 fully saturated rings. The second kappa shape index (κ2) is 10.7. The van der Waals surface area contributed by atoms with Gasteiger partial charge in [-0.15, -0.1) is 0 Å². The van der Waals surface area contributed by atoms with E-state index in [1.807, 2.05) is 51.2 Å². The largest absolute Gasteiger partial charge is 0.444 e. The molecule has 0 radical (unpaired) electrons. The third-order valence-corrected chi connectivity index (χ3v) is 5.51. The van der Waals surface area contributed by atoms with Crippen molar-refractivity contribution >= 4 is 22.9 Å². The molecule has 7 nitrogen and oxygen atoms in total. The Morgan fingerprint density at radius 2 is 1.90 bits per heavy atom. The number of alkyl carbamates (subject to hydrolysis) is 1. The van der Waals surface area contributed by atoms with E-state index in [1.54, 1.807) is 0 Å². The normalized spacial score (nSPS) is 16.1. The Morgan fingerprint density at radius 3 is 2.65 bits per heavy atom. The molecule has 0 spiro atoms. The van der Waals surface area contributed by atoms with E-state index in [4.69, 9.17) is 4.74 Å². The number of likely N-dealkylation sites (tertiary alicyclic amines) is 1. The Morgan fingerprint density at radius 1 is 1.16 bits per heavy atom. The van der Waals surface area contributed by atoms with E-state index < -0.39 is 17.7 Å². The van der Waals surface area contributed by atoms with Gasteiger partial charge in [-0.1, -0.05) is 24.6 Å². The van der Waals surface area contributed by atoms with Crippen LogP contribution in [0.2, 0.25) is 0 Å². The van der Waals surface area contributed by atoms with Crippen LogP contribution >= 0.6 is 0 Å². The first-order chi connectivity index (χ1) is 14.8. The molecule has 7 heteroatoms. The van der Waals surface area contributed by atoms with E-state index in [2.05, 4.69) is 20.5 Å².